The summed E-state index contributed by atoms with van der Waals surface area (Å²) in [5.74, 6) is 0.664. The first-order valence-electron chi connectivity index (χ1n) is 7.85. The highest BCUT2D eigenvalue weighted by atomic mass is 16.6. The average molecular weight is 332 g/mol. The predicted molar refractivity (Wildman–Crippen MR) is 85.2 cm³/mol. The largest absolute Gasteiger partial charge is 0.423 e. The highest BCUT2D eigenvalue weighted by Gasteiger charge is 2.48. The third-order valence-corrected chi connectivity index (χ3v) is 4.39. The molecule has 128 valence electrons. The Balaban J connectivity index is 1.56. The Bertz CT molecular complexity index is 721. The van der Waals surface area contributed by atoms with E-state index < -0.39 is 0 Å². The molecule has 2 aromatic rings. The summed E-state index contributed by atoms with van der Waals surface area (Å²) in [6.07, 6.45) is -0.275. The summed E-state index contributed by atoms with van der Waals surface area (Å²) in [6.45, 7) is 0.928. The number of hydrogen-bond acceptors (Lipinski definition) is 8. The number of tetrazole rings is 1. The van der Waals surface area contributed by atoms with Crippen LogP contribution in [0.4, 0.5) is 5.69 Å². The van der Waals surface area contributed by atoms with Gasteiger partial charge in [-0.3, -0.25) is 0 Å². The van der Waals surface area contributed by atoms with Gasteiger partial charge in [0.2, 0.25) is 0 Å². The van der Waals surface area contributed by atoms with Crippen molar-refractivity contribution < 1.29 is 14.2 Å². The van der Waals surface area contributed by atoms with E-state index in [1.165, 1.54) is 0 Å². The fourth-order valence-corrected chi connectivity index (χ4v) is 3.11. The Hall–Kier alpha value is -2.23. The van der Waals surface area contributed by atoms with Gasteiger partial charge in [-0.2, -0.15) is 4.68 Å². The van der Waals surface area contributed by atoms with Crippen molar-refractivity contribution in [1.29, 1.82) is 0 Å². The maximum absolute atomic E-state index is 6.00. The van der Waals surface area contributed by atoms with Crippen LogP contribution in [0.25, 0.3) is 0 Å². The Morgan fingerprint density at radius 3 is 2.92 bits per heavy atom. The highest BCUT2D eigenvalue weighted by Crippen LogP contribution is 2.35. The second-order valence-corrected chi connectivity index (χ2v) is 6.23. The molecule has 2 aliphatic heterocycles. The second-order valence-electron chi connectivity index (χ2n) is 6.23. The molecule has 9 heteroatoms. The lowest BCUT2D eigenvalue weighted by Gasteiger charge is -2.17. The Morgan fingerprint density at radius 1 is 1.25 bits per heavy atom. The number of nitrogens with two attached hydrogens (primary N) is 1. The van der Waals surface area contributed by atoms with Crippen molar-refractivity contribution in [2.45, 2.75) is 24.3 Å². The summed E-state index contributed by atoms with van der Waals surface area (Å²) in [5.41, 5.74) is 7.02. The maximum atomic E-state index is 6.00. The minimum absolute atomic E-state index is 0.113. The molecule has 0 radical (unpaired) electrons. The lowest BCUT2D eigenvalue weighted by Crippen LogP contribution is -2.36. The normalized spacial score (nSPS) is 28.8. The van der Waals surface area contributed by atoms with Gasteiger partial charge in [0.05, 0.1) is 19.3 Å². The zero-order valence-electron chi connectivity index (χ0n) is 13.6. The number of ether oxygens (including phenoxy) is 3. The van der Waals surface area contributed by atoms with E-state index in [2.05, 4.69) is 15.5 Å². The minimum Gasteiger partial charge on any atom is -0.423 e. The van der Waals surface area contributed by atoms with Gasteiger partial charge in [-0.25, -0.2) is 0 Å². The first-order valence-corrected chi connectivity index (χ1v) is 7.85. The van der Waals surface area contributed by atoms with Gasteiger partial charge in [-0.1, -0.05) is 11.2 Å². The lowest BCUT2D eigenvalue weighted by atomic mass is 10.1. The second kappa shape index (κ2) is 6.00. The third kappa shape index (κ3) is 2.60. The number of aromatic nitrogens is 4. The van der Waals surface area contributed by atoms with Crippen molar-refractivity contribution in [2.24, 2.45) is 5.73 Å². The molecular weight excluding hydrogens is 312 g/mol. The zero-order chi connectivity index (χ0) is 16.7. The Morgan fingerprint density at radius 2 is 2.08 bits per heavy atom. The summed E-state index contributed by atoms with van der Waals surface area (Å²) < 4.78 is 19.0. The molecule has 2 aliphatic rings. The number of nitrogens with zero attached hydrogens (tertiary/aromatic N) is 5. The number of anilines is 1. The average Bonchev–Trinajstić information content (AvgIpc) is 3.26. The van der Waals surface area contributed by atoms with Gasteiger partial charge in [0, 0.05) is 25.8 Å². The van der Waals surface area contributed by atoms with Crippen molar-refractivity contribution in [3.05, 3.63) is 24.3 Å². The molecule has 2 N–H and O–H groups in total. The summed E-state index contributed by atoms with van der Waals surface area (Å²) in [6, 6.07) is 7.76. The molecule has 0 spiro atoms. The molecular formula is C15H20N6O3. The highest BCUT2D eigenvalue weighted by molar-refractivity contribution is 5.49. The van der Waals surface area contributed by atoms with E-state index in [-0.39, 0.29) is 24.3 Å². The summed E-state index contributed by atoms with van der Waals surface area (Å²) >= 11 is 0. The summed E-state index contributed by atoms with van der Waals surface area (Å²) in [7, 11) is 3.94. The molecule has 4 rings (SSSR count). The topological polar surface area (TPSA) is 101 Å². The molecule has 2 saturated heterocycles. The lowest BCUT2D eigenvalue weighted by molar-refractivity contribution is 0.0617. The maximum Gasteiger partial charge on any atom is 0.341 e. The van der Waals surface area contributed by atoms with Gasteiger partial charge in [-0.05, 0) is 22.6 Å². The van der Waals surface area contributed by atoms with E-state index in [0.29, 0.717) is 25.0 Å². The summed E-state index contributed by atoms with van der Waals surface area (Å²) in [4.78, 5) is 2.00. The van der Waals surface area contributed by atoms with E-state index in [0.717, 1.165) is 5.69 Å². The van der Waals surface area contributed by atoms with Gasteiger partial charge in [-0.15, -0.1) is 0 Å². The first-order chi connectivity index (χ1) is 11.6. The van der Waals surface area contributed by atoms with Crippen LogP contribution in [0.5, 0.6) is 11.8 Å². The molecule has 4 unspecified atom stereocenters. The molecule has 1 aromatic carbocycles. The molecule has 24 heavy (non-hydrogen) atoms. The number of hydrogen-bond donors (Lipinski definition) is 1. The SMILES string of the molecule is CN(C)c1cccc(Oc2nnnn2C2COC3C(N)COC32)c1. The standard InChI is InChI=1S/C15H20N6O3/c1-20(2)9-4-3-5-10(6-9)24-15-17-18-19-21(15)12-8-23-13-11(16)7-22-14(12)13/h3-6,11-14H,7-8,16H2,1-2H3. The van der Waals surface area contributed by atoms with Crippen molar-refractivity contribution in [1.82, 2.24) is 20.2 Å². The van der Waals surface area contributed by atoms with Crippen LogP contribution in [0.15, 0.2) is 24.3 Å². The van der Waals surface area contributed by atoms with Crippen LogP contribution in [0, 0.1) is 0 Å². The molecule has 3 heterocycles. The Labute approximate surface area is 139 Å². The van der Waals surface area contributed by atoms with E-state index in [1.54, 1.807) is 4.68 Å². The van der Waals surface area contributed by atoms with Crippen LogP contribution < -0.4 is 15.4 Å². The van der Waals surface area contributed by atoms with Crippen LogP contribution in [0.2, 0.25) is 0 Å². The number of rotatable bonds is 4. The van der Waals surface area contributed by atoms with Gasteiger partial charge in [0.1, 0.15) is 24.0 Å². The van der Waals surface area contributed by atoms with Crippen LogP contribution in [0.3, 0.4) is 0 Å². The number of fused-ring (bicyclic) bond motifs is 1. The smallest absolute Gasteiger partial charge is 0.341 e. The molecule has 0 amide bonds. The predicted octanol–water partition coefficient (Wildman–Crippen LogP) is 0.197. The molecule has 0 aliphatic carbocycles. The fraction of sp³-hybridized carbons (Fsp3) is 0.533. The molecule has 9 nitrogen and oxygen atoms in total. The van der Waals surface area contributed by atoms with Crippen molar-refractivity contribution >= 4 is 5.69 Å². The summed E-state index contributed by atoms with van der Waals surface area (Å²) in [5, 5.41) is 11.8. The van der Waals surface area contributed by atoms with Gasteiger partial charge < -0.3 is 24.8 Å². The molecule has 0 bridgehead atoms. The first kappa shape index (κ1) is 15.3. The van der Waals surface area contributed by atoms with Crippen molar-refractivity contribution in [3.8, 4) is 11.8 Å². The van der Waals surface area contributed by atoms with E-state index in [4.69, 9.17) is 19.9 Å². The molecule has 4 atom stereocenters. The van der Waals surface area contributed by atoms with E-state index >= 15 is 0 Å². The minimum atomic E-state index is -0.154. The molecule has 2 fully saturated rings. The number of benzene rings is 1. The molecule has 0 saturated carbocycles. The Kier molecular flexibility index (Phi) is 3.83. The van der Waals surface area contributed by atoms with Crippen molar-refractivity contribution in [3.63, 3.8) is 0 Å². The van der Waals surface area contributed by atoms with Crippen molar-refractivity contribution in [2.75, 3.05) is 32.2 Å². The van der Waals surface area contributed by atoms with E-state index in [9.17, 15) is 0 Å². The fourth-order valence-electron chi connectivity index (χ4n) is 3.11. The van der Waals surface area contributed by atoms with Gasteiger partial charge >= 0.3 is 6.01 Å². The van der Waals surface area contributed by atoms with Crippen LogP contribution >= 0.6 is 0 Å². The quantitative estimate of drug-likeness (QED) is 0.847. The monoisotopic (exact) mass is 332 g/mol. The van der Waals surface area contributed by atoms with Crippen LogP contribution in [-0.2, 0) is 9.47 Å². The van der Waals surface area contributed by atoms with Crippen LogP contribution in [0.1, 0.15) is 6.04 Å². The van der Waals surface area contributed by atoms with Gasteiger partial charge in [0.15, 0.2) is 0 Å². The molecule has 1 aromatic heterocycles. The van der Waals surface area contributed by atoms with E-state index in [1.807, 2.05) is 43.3 Å². The van der Waals surface area contributed by atoms with Gasteiger partial charge in [0.25, 0.3) is 0 Å². The third-order valence-electron chi connectivity index (χ3n) is 4.39. The van der Waals surface area contributed by atoms with Crippen LogP contribution in [-0.4, -0.2) is 65.8 Å². The zero-order valence-corrected chi connectivity index (χ0v) is 13.6.